The number of benzene rings is 1. The van der Waals surface area contributed by atoms with E-state index in [1.807, 2.05) is 0 Å². The van der Waals surface area contributed by atoms with Gasteiger partial charge in [-0.25, -0.2) is 9.48 Å². The third-order valence-corrected chi connectivity index (χ3v) is 3.66. The van der Waals surface area contributed by atoms with Gasteiger partial charge in [-0.15, -0.1) is 0 Å². The molecule has 1 N–H and O–H groups in total. The number of nitrogens with zero attached hydrogens (tertiary/aromatic N) is 2. The van der Waals surface area contributed by atoms with Crippen LogP contribution in [0.1, 0.15) is 40.4 Å². The molecule has 0 bridgehead atoms. The largest absolute Gasteiger partial charge is 0.478 e. The van der Waals surface area contributed by atoms with Crippen molar-refractivity contribution >= 4 is 16.9 Å². The van der Waals surface area contributed by atoms with Crippen molar-refractivity contribution in [3.05, 3.63) is 29.0 Å². The van der Waals surface area contributed by atoms with Gasteiger partial charge in [-0.05, 0) is 25.0 Å². The van der Waals surface area contributed by atoms with Gasteiger partial charge in [0.05, 0.1) is 16.8 Å². The van der Waals surface area contributed by atoms with Gasteiger partial charge in [0.15, 0.2) is 0 Å². The molecule has 1 saturated carbocycles. The van der Waals surface area contributed by atoms with Crippen molar-refractivity contribution in [3.63, 3.8) is 0 Å². The van der Waals surface area contributed by atoms with E-state index < -0.39 is 23.3 Å². The number of alkyl halides is 3. The molecule has 0 unspecified atom stereocenters. The van der Waals surface area contributed by atoms with Crippen molar-refractivity contribution in [2.75, 3.05) is 7.11 Å². The van der Waals surface area contributed by atoms with Gasteiger partial charge < -0.3 is 9.84 Å². The Hall–Kier alpha value is -2.09. The number of methoxy groups -OCH3 is 1. The van der Waals surface area contributed by atoms with E-state index in [0.29, 0.717) is 11.8 Å². The number of rotatable bonds is 4. The minimum absolute atomic E-state index is 0.0689. The maximum Gasteiger partial charge on any atom is 0.416 e. The molecule has 1 fully saturated rings. The summed E-state index contributed by atoms with van der Waals surface area (Å²) >= 11 is 0. The molecule has 0 spiro atoms. The zero-order chi connectivity index (χ0) is 16.1. The Bertz CT molecular complexity index is 748. The standard InChI is InChI=1S/C14H13F3N2O3/c1-22-6-19-12(7-2-3-7)9-4-8(14(15,16)17)5-10(13(20)21)11(9)18-19/h4-5,7H,2-3,6H2,1H3,(H,20,21). The summed E-state index contributed by atoms with van der Waals surface area (Å²) in [4.78, 5) is 11.3. The number of fused-ring (bicyclic) bond motifs is 1. The normalized spacial score (nSPS) is 15.5. The van der Waals surface area contributed by atoms with E-state index in [1.165, 1.54) is 11.8 Å². The minimum Gasteiger partial charge on any atom is -0.478 e. The second kappa shape index (κ2) is 4.98. The van der Waals surface area contributed by atoms with E-state index in [2.05, 4.69) is 5.10 Å². The number of halogens is 3. The molecule has 5 nitrogen and oxygen atoms in total. The molecule has 0 atom stereocenters. The van der Waals surface area contributed by atoms with Crippen LogP contribution in [0.15, 0.2) is 12.1 Å². The Balaban J connectivity index is 2.32. The van der Waals surface area contributed by atoms with E-state index in [-0.39, 0.29) is 23.6 Å². The Labute approximate surface area is 123 Å². The molecule has 3 rings (SSSR count). The number of carboxylic acids is 1. The highest BCUT2D eigenvalue weighted by Crippen LogP contribution is 2.45. The lowest BCUT2D eigenvalue weighted by Gasteiger charge is -2.09. The van der Waals surface area contributed by atoms with Crippen molar-refractivity contribution in [1.82, 2.24) is 9.78 Å². The lowest BCUT2D eigenvalue weighted by Crippen LogP contribution is -2.08. The van der Waals surface area contributed by atoms with Gasteiger partial charge in [-0.1, -0.05) is 0 Å². The van der Waals surface area contributed by atoms with Crippen molar-refractivity contribution in [2.45, 2.75) is 31.7 Å². The lowest BCUT2D eigenvalue weighted by molar-refractivity contribution is -0.137. The van der Waals surface area contributed by atoms with Gasteiger partial charge in [-0.3, -0.25) is 0 Å². The summed E-state index contributed by atoms with van der Waals surface area (Å²) in [6, 6.07) is 1.61. The number of carboxylic acid groups (broad SMARTS) is 1. The number of hydrogen-bond donors (Lipinski definition) is 1. The molecule has 1 aliphatic rings. The van der Waals surface area contributed by atoms with Crippen LogP contribution in [0.3, 0.4) is 0 Å². The van der Waals surface area contributed by atoms with Gasteiger partial charge in [0.2, 0.25) is 0 Å². The Kier molecular flexibility index (Phi) is 3.36. The van der Waals surface area contributed by atoms with E-state index in [1.54, 1.807) is 0 Å². The molecule has 0 aliphatic heterocycles. The fourth-order valence-electron chi connectivity index (χ4n) is 2.59. The van der Waals surface area contributed by atoms with Gasteiger partial charge in [-0.2, -0.15) is 18.3 Å². The van der Waals surface area contributed by atoms with Crippen LogP contribution in [-0.4, -0.2) is 28.0 Å². The second-order valence-electron chi connectivity index (χ2n) is 5.30. The average Bonchev–Trinajstić information content (AvgIpc) is 3.18. The molecular weight excluding hydrogens is 301 g/mol. The first kappa shape index (κ1) is 14.8. The highest BCUT2D eigenvalue weighted by atomic mass is 19.4. The van der Waals surface area contributed by atoms with Crippen LogP contribution < -0.4 is 0 Å². The molecule has 1 heterocycles. The van der Waals surface area contributed by atoms with Crippen molar-refractivity contribution in [3.8, 4) is 0 Å². The maximum atomic E-state index is 13.0. The van der Waals surface area contributed by atoms with Gasteiger partial charge in [0.1, 0.15) is 12.2 Å². The van der Waals surface area contributed by atoms with Crippen LogP contribution >= 0.6 is 0 Å². The molecule has 0 saturated heterocycles. The Morgan fingerprint density at radius 3 is 2.64 bits per heavy atom. The summed E-state index contributed by atoms with van der Waals surface area (Å²) in [5.41, 5.74) is -0.734. The van der Waals surface area contributed by atoms with Gasteiger partial charge in [0.25, 0.3) is 0 Å². The first-order chi connectivity index (χ1) is 10.3. The van der Waals surface area contributed by atoms with Gasteiger partial charge >= 0.3 is 12.1 Å². The van der Waals surface area contributed by atoms with Crippen LogP contribution in [0.25, 0.3) is 10.9 Å². The Morgan fingerprint density at radius 1 is 1.45 bits per heavy atom. The van der Waals surface area contributed by atoms with Crippen molar-refractivity contribution in [1.29, 1.82) is 0 Å². The highest BCUT2D eigenvalue weighted by molar-refractivity contribution is 6.03. The molecule has 8 heteroatoms. The van der Waals surface area contributed by atoms with Crippen LogP contribution in [0.4, 0.5) is 13.2 Å². The molecule has 1 aromatic heterocycles. The Morgan fingerprint density at radius 2 is 2.14 bits per heavy atom. The number of carbonyl (C=O) groups is 1. The van der Waals surface area contributed by atoms with Crippen molar-refractivity contribution < 1.29 is 27.8 Å². The van der Waals surface area contributed by atoms with Crippen molar-refractivity contribution in [2.24, 2.45) is 0 Å². The summed E-state index contributed by atoms with van der Waals surface area (Å²) in [6.45, 7) is 0.0704. The topological polar surface area (TPSA) is 64.4 Å². The molecule has 22 heavy (non-hydrogen) atoms. The fraction of sp³-hybridized carbons (Fsp3) is 0.429. The van der Waals surface area contributed by atoms with E-state index >= 15 is 0 Å². The number of hydrogen-bond acceptors (Lipinski definition) is 3. The summed E-state index contributed by atoms with van der Waals surface area (Å²) in [5, 5.41) is 13.6. The molecule has 118 valence electrons. The third kappa shape index (κ3) is 2.43. The first-order valence-electron chi connectivity index (χ1n) is 6.66. The quantitative estimate of drug-likeness (QED) is 0.941. The zero-order valence-electron chi connectivity index (χ0n) is 11.6. The molecule has 2 aromatic rings. The molecule has 0 amide bonds. The zero-order valence-corrected chi connectivity index (χ0v) is 11.6. The number of ether oxygens (including phenoxy) is 1. The summed E-state index contributed by atoms with van der Waals surface area (Å²) in [7, 11) is 1.45. The first-order valence-corrected chi connectivity index (χ1v) is 6.66. The van der Waals surface area contributed by atoms with E-state index in [4.69, 9.17) is 4.74 Å². The summed E-state index contributed by atoms with van der Waals surface area (Å²) < 4.78 is 45.5. The average molecular weight is 314 g/mol. The summed E-state index contributed by atoms with van der Waals surface area (Å²) in [5.74, 6) is -1.33. The lowest BCUT2D eigenvalue weighted by atomic mass is 10.0. The number of aromatic carboxylic acids is 1. The smallest absolute Gasteiger partial charge is 0.416 e. The fourth-order valence-corrected chi connectivity index (χ4v) is 2.59. The van der Waals surface area contributed by atoms with Crippen LogP contribution in [0.5, 0.6) is 0 Å². The minimum atomic E-state index is -4.61. The van der Waals surface area contributed by atoms with E-state index in [9.17, 15) is 23.1 Å². The highest BCUT2D eigenvalue weighted by Gasteiger charge is 2.36. The molecule has 0 radical (unpaired) electrons. The predicted octanol–water partition coefficient (Wildman–Crippen LogP) is 3.23. The SMILES string of the molecule is COCn1nc2c(C(=O)O)cc(C(F)(F)F)cc2c1C1CC1. The van der Waals surface area contributed by atoms with Crippen LogP contribution in [-0.2, 0) is 17.6 Å². The second-order valence-corrected chi connectivity index (χ2v) is 5.30. The van der Waals surface area contributed by atoms with E-state index in [0.717, 1.165) is 18.9 Å². The molecule has 1 aliphatic carbocycles. The molecular formula is C14H13F3N2O3. The third-order valence-electron chi connectivity index (χ3n) is 3.66. The van der Waals surface area contributed by atoms with Crippen LogP contribution in [0, 0.1) is 0 Å². The number of aromatic nitrogens is 2. The molecule has 1 aromatic carbocycles. The van der Waals surface area contributed by atoms with Gasteiger partial charge in [0, 0.05) is 18.4 Å². The summed E-state index contributed by atoms with van der Waals surface area (Å²) in [6.07, 6.45) is -2.91. The predicted molar refractivity (Wildman–Crippen MR) is 70.7 cm³/mol. The maximum absolute atomic E-state index is 13.0. The monoisotopic (exact) mass is 314 g/mol. The van der Waals surface area contributed by atoms with Crippen LogP contribution in [0.2, 0.25) is 0 Å².